The lowest BCUT2D eigenvalue weighted by atomic mass is 9.96. The second kappa shape index (κ2) is 10.0. The summed E-state index contributed by atoms with van der Waals surface area (Å²) in [5.74, 6) is -0.275. The summed E-state index contributed by atoms with van der Waals surface area (Å²) in [4.78, 5) is 19.3. The third kappa shape index (κ3) is 4.72. The molecule has 188 valence electrons. The number of para-hydroxylation sites is 1. The highest BCUT2D eigenvalue weighted by molar-refractivity contribution is 7.89. The van der Waals surface area contributed by atoms with Crippen LogP contribution in [0.25, 0.3) is 20.8 Å². The molecule has 36 heavy (non-hydrogen) atoms. The molecule has 1 aliphatic carbocycles. The van der Waals surface area contributed by atoms with Crippen molar-refractivity contribution in [3.63, 3.8) is 0 Å². The van der Waals surface area contributed by atoms with E-state index in [1.165, 1.54) is 27.8 Å². The average Bonchev–Trinajstić information content (AvgIpc) is 3.43. The summed E-state index contributed by atoms with van der Waals surface area (Å²) in [6, 6.07) is 14.3. The van der Waals surface area contributed by atoms with Crippen LogP contribution in [-0.4, -0.2) is 36.7 Å². The highest BCUT2D eigenvalue weighted by atomic mass is 32.2. The molecular weight excluding hydrogens is 511 g/mol. The minimum Gasteiger partial charge on any atom is -0.313 e. The smallest absolute Gasteiger partial charge is 0.256 e. The zero-order valence-electron chi connectivity index (χ0n) is 20.6. The van der Waals surface area contributed by atoms with E-state index in [1.807, 2.05) is 38.1 Å². The fourth-order valence-corrected chi connectivity index (χ4v) is 8.32. The molecule has 1 N–H and O–H groups in total. The number of sulfonamides is 1. The number of thiophene rings is 1. The Labute approximate surface area is 220 Å². The van der Waals surface area contributed by atoms with E-state index in [2.05, 4.69) is 5.32 Å². The summed E-state index contributed by atoms with van der Waals surface area (Å²) in [5, 5.41) is 4.68. The van der Waals surface area contributed by atoms with E-state index < -0.39 is 10.0 Å². The van der Waals surface area contributed by atoms with Crippen LogP contribution in [0.4, 0.5) is 5.00 Å². The zero-order chi connectivity index (χ0) is 25.4. The number of aromatic nitrogens is 1. The van der Waals surface area contributed by atoms with Crippen molar-refractivity contribution >= 4 is 53.8 Å². The van der Waals surface area contributed by atoms with Gasteiger partial charge in [-0.2, -0.15) is 4.31 Å². The van der Waals surface area contributed by atoms with Crippen LogP contribution in [0.1, 0.15) is 52.9 Å². The molecule has 1 fully saturated rings. The first-order valence-electron chi connectivity index (χ1n) is 12.1. The molecule has 0 aliphatic heterocycles. The Morgan fingerprint density at radius 2 is 1.69 bits per heavy atom. The zero-order valence-corrected chi connectivity index (χ0v) is 23.0. The molecule has 4 aromatic rings. The number of benzene rings is 2. The Bertz CT molecular complexity index is 1480. The molecule has 0 unspecified atom stereocenters. The maximum Gasteiger partial charge on any atom is 0.256 e. The predicted molar refractivity (Wildman–Crippen MR) is 149 cm³/mol. The molecule has 9 heteroatoms. The number of hydrogen-bond acceptors (Lipinski definition) is 6. The summed E-state index contributed by atoms with van der Waals surface area (Å²) in [7, 11) is -1.94. The molecular formula is C27H29N3O3S3. The van der Waals surface area contributed by atoms with Crippen molar-refractivity contribution in [1.29, 1.82) is 0 Å². The van der Waals surface area contributed by atoms with Crippen LogP contribution in [0.5, 0.6) is 0 Å². The van der Waals surface area contributed by atoms with Crippen LogP contribution in [-0.2, 0) is 10.0 Å². The molecule has 0 spiro atoms. The van der Waals surface area contributed by atoms with Gasteiger partial charge in [0.2, 0.25) is 10.0 Å². The van der Waals surface area contributed by atoms with Gasteiger partial charge in [0.25, 0.3) is 5.91 Å². The van der Waals surface area contributed by atoms with Gasteiger partial charge in [-0.25, -0.2) is 13.4 Å². The molecule has 2 aromatic heterocycles. The van der Waals surface area contributed by atoms with Gasteiger partial charge in [0.05, 0.1) is 15.1 Å². The van der Waals surface area contributed by atoms with Gasteiger partial charge in [0.1, 0.15) is 10.0 Å². The number of hydrogen-bond donors (Lipinski definition) is 1. The number of carbonyl (C=O) groups excluding carboxylic acids is 1. The van der Waals surface area contributed by atoms with Crippen LogP contribution in [0.2, 0.25) is 0 Å². The first kappa shape index (κ1) is 25.1. The number of fused-ring (bicyclic) bond motifs is 1. The summed E-state index contributed by atoms with van der Waals surface area (Å²) >= 11 is 3.13. The molecule has 0 atom stereocenters. The van der Waals surface area contributed by atoms with Crippen LogP contribution < -0.4 is 5.32 Å². The second-order valence-electron chi connectivity index (χ2n) is 9.27. The summed E-state index contributed by atoms with van der Waals surface area (Å²) in [6.07, 6.45) is 5.08. The van der Waals surface area contributed by atoms with E-state index in [1.54, 1.807) is 30.5 Å². The standard InChI is InChI=1S/C27H29N3O3S3/c1-17-18(2)34-27(24(17)26-28-22-11-7-8-12-23(22)35-26)29-25(31)19-13-15-21(16-14-19)36(32,33)30(3)20-9-5-4-6-10-20/h7-8,11-16,20H,4-6,9-10H2,1-3H3,(H,29,31). The topological polar surface area (TPSA) is 79.4 Å². The van der Waals surface area contributed by atoms with Crippen LogP contribution in [0.3, 0.4) is 0 Å². The van der Waals surface area contributed by atoms with Gasteiger partial charge in [0.15, 0.2) is 0 Å². The molecule has 1 aliphatic rings. The third-order valence-electron chi connectivity index (χ3n) is 7.00. The van der Waals surface area contributed by atoms with Crippen molar-refractivity contribution in [2.24, 2.45) is 0 Å². The monoisotopic (exact) mass is 539 g/mol. The second-order valence-corrected chi connectivity index (χ2v) is 13.5. The fraction of sp³-hybridized carbons (Fsp3) is 0.333. The van der Waals surface area contributed by atoms with Crippen molar-refractivity contribution in [2.45, 2.75) is 56.9 Å². The third-order valence-corrected chi connectivity index (χ3v) is 11.1. The largest absolute Gasteiger partial charge is 0.313 e. The van der Waals surface area contributed by atoms with Gasteiger partial charge in [0, 0.05) is 29.1 Å². The number of carbonyl (C=O) groups is 1. The molecule has 0 bridgehead atoms. The molecule has 2 heterocycles. The lowest BCUT2D eigenvalue weighted by molar-refractivity contribution is 0.102. The summed E-state index contributed by atoms with van der Waals surface area (Å²) in [5.41, 5.74) is 3.39. The Balaban J connectivity index is 1.37. The maximum absolute atomic E-state index is 13.2. The molecule has 0 saturated heterocycles. The van der Waals surface area contributed by atoms with Crippen molar-refractivity contribution in [3.8, 4) is 10.6 Å². The lowest BCUT2D eigenvalue weighted by Crippen LogP contribution is -2.38. The van der Waals surface area contributed by atoms with Gasteiger partial charge in [-0.1, -0.05) is 31.4 Å². The lowest BCUT2D eigenvalue weighted by Gasteiger charge is -2.30. The van der Waals surface area contributed by atoms with Crippen molar-refractivity contribution in [2.75, 3.05) is 12.4 Å². The van der Waals surface area contributed by atoms with E-state index in [-0.39, 0.29) is 16.8 Å². The molecule has 2 aromatic carbocycles. The van der Waals surface area contributed by atoms with Gasteiger partial charge >= 0.3 is 0 Å². The molecule has 1 saturated carbocycles. The predicted octanol–water partition coefficient (Wildman–Crippen LogP) is 6.85. The van der Waals surface area contributed by atoms with E-state index in [0.717, 1.165) is 68.3 Å². The number of aryl methyl sites for hydroxylation is 1. The number of rotatable bonds is 6. The van der Waals surface area contributed by atoms with Gasteiger partial charge in [-0.15, -0.1) is 22.7 Å². The minimum atomic E-state index is -3.60. The fourth-order valence-electron chi connectivity index (χ4n) is 4.71. The number of thiazole rings is 1. The van der Waals surface area contributed by atoms with E-state index in [0.29, 0.717) is 5.56 Å². The minimum absolute atomic E-state index is 0.0398. The molecule has 6 nitrogen and oxygen atoms in total. The normalized spacial score (nSPS) is 15.0. The Kier molecular flexibility index (Phi) is 7.00. The summed E-state index contributed by atoms with van der Waals surface area (Å²) in [6.45, 7) is 4.08. The van der Waals surface area contributed by atoms with Crippen molar-refractivity contribution in [3.05, 3.63) is 64.5 Å². The molecule has 0 radical (unpaired) electrons. The van der Waals surface area contributed by atoms with Gasteiger partial charge < -0.3 is 5.32 Å². The Morgan fingerprint density at radius 1 is 1.00 bits per heavy atom. The molecule has 5 rings (SSSR count). The Hall–Kier alpha value is -2.59. The van der Waals surface area contributed by atoms with E-state index >= 15 is 0 Å². The van der Waals surface area contributed by atoms with Crippen LogP contribution in [0.15, 0.2) is 53.4 Å². The van der Waals surface area contributed by atoms with Gasteiger partial charge in [-0.3, -0.25) is 4.79 Å². The van der Waals surface area contributed by atoms with E-state index in [9.17, 15) is 13.2 Å². The first-order valence-corrected chi connectivity index (χ1v) is 15.2. The average molecular weight is 540 g/mol. The number of nitrogens with one attached hydrogen (secondary N) is 1. The Morgan fingerprint density at radius 3 is 2.39 bits per heavy atom. The maximum atomic E-state index is 13.2. The van der Waals surface area contributed by atoms with E-state index in [4.69, 9.17) is 4.98 Å². The number of anilines is 1. The first-order chi connectivity index (χ1) is 17.3. The number of nitrogens with zero attached hydrogens (tertiary/aromatic N) is 2. The van der Waals surface area contributed by atoms with Gasteiger partial charge in [-0.05, 0) is 68.7 Å². The molecule has 1 amide bonds. The van der Waals surface area contributed by atoms with Crippen LogP contribution in [0, 0.1) is 13.8 Å². The van der Waals surface area contributed by atoms with Crippen molar-refractivity contribution < 1.29 is 13.2 Å². The summed E-state index contributed by atoms with van der Waals surface area (Å²) < 4.78 is 28.9. The highest BCUT2D eigenvalue weighted by Gasteiger charge is 2.29. The number of amides is 1. The SMILES string of the molecule is Cc1sc(NC(=O)c2ccc(S(=O)(=O)N(C)C3CCCCC3)cc2)c(-c2nc3ccccc3s2)c1C. The quantitative estimate of drug-likeness (QED) is 0.291. The van der Waals surface area contributed by atoms with Crippen LogP contribution >= 0.6 is 22.7 Å². The highest BCUT2D eigenvalue weighted by Crippen LogP contribution is 2.43. The van der Waals surface area contributed by atoms with Crippen molar-refractivity contribution in [1.82, 2.24) is 9.29 Å².